The summed E-state index contributed by atoms with van der Waals surface area (Å²) in [6, 6.07) is 7.84. The predicted octanol–water partition coefficient (Wildman–Crippen LogP) is 5.55. The molecular formula is C20H17ClF3N3O2S. The second-order valence-corrected chi connectivity index (χ2v) is 7.82. The molecule has 0 unspecified atom stereocenters. The highest BCUT2D eigenvalue weighted by Crippen LogP contribution is 2.36. The third-order valence-corrected chi connectivity index (χ3v) is 5.85. The molecule has 0 atom stereocenters. The Kier molecular flexibility index (Phi) is 6.42. The number of carbonyl (C=O) groups excluding carboxylic acids is 1. The van der Waals surface area contributed by atoms with Crippen molar-refractivity contribution in [3.63, 3.8) is 0 Å². The number of benzene rings is 1. The predicted molar refractivity (Wildman–Crippen MR) is 107 cm³/mol. The van der Waals surface area contributed by atoms with Crippen molar-refractivity contribution in [2.24, 2.45) is 0 Å². The van der Waals surface area contributed by atoms with Gasteiger partial charge in [0.15, 0.2) is 5.16 Å². The first-order valence-electron chi connectivity index (χ1n) is 8.71. The van der Waals surface area contributed by atoms with Gasteiger partial charge in [0, 0.05) is 18.4 Å². The summed E-state index contributed by atoms with van der Waals surface area (Å²) >= 11 is 7.12. The molecule has 10 heteroatoms. The largest absolute Gasteiger partial charge is 0.465 e. The van der Waals surface area contributed by atoms with Crippen molar-refractivity contribution in [1.82, 2.24) is 14.5 Å². The number of methoxy groups -OCH3 is 1. The summed E-state index contributed by atoms with van der Waals surface area (Å²) in [6.45, 7) is 4.12. The fourth-order valence-electron chi connectivity index (χ4n) is 2.73. The highest BCUT2D eigenvalue weighted by atomic mass is 35.5. The molecule has 0 aliphatic heterocycles. The fraction of sp³-hybridized carbons (Fsp3) is 0.250. The van der Waals surface area contributed by atoms with Crippen molar-refractivity contribution >= 4 is 29.3 Å². The van der Waals surface area contributed by atoms with Crippen molar-refractivity contribution in [3.05, 3.63) is 69.6 Å². The first-order chi connectivity index (χ1) is 14.1. The molecule has 0 saturated heterocycles. The maximum Gasteiger partial charge on any atom is 0.417 e. The van der Waals surface area contributed by atoms with Gasteiger partial charge in [0.2, 0.25) is 0 Å². The summed E-state index contributed by atoms with van der Waals surface area (Å²) in [4.78, 5) is 20.2. The minimum absolute atomic E-state index is 0.104. The minimum atomic E-state index is -4.52. The van der Waals surface area contributed by atoms with E-state index in [1.807, 2.05) is 24.5 Å². The first kappa shape index (κ1) is 22.2. The van der Waals surface area contributed by atoms with Crippen molar-refractivity contribution in [2.75, 3.05) is 7.11 Å². The Hall–Kier alpha value is -2.52. The van der Waals surface area contributed by atoms with Crippen LogP contribution in [0.15, 0.2) is 46.7 Å². The normalized spacial score (nSPS) is 11.6. The first-order valence-corrected chi connectivity index (χ1v) is 9.91. The van der Waals surface area contributed by atoms with Crippen LogP contribution in [0.2, 0.25) is 5.02 Å². The number of halogens is 4. The molecule has 3 aromatic rings. The van der Waals surface area contributed by atoms with E-state index in [9.17, 15) is 18.0 Å². The number of rotatable bonds is 5. The third kappa shape index (κ3) is 4.79. The summed E-state index contributed by atoms with van der Waals surface area (Å²) in [5, 5.41) is 0.647. The molecule has 0 saturated carbocycles. The van der Waals surface area contributed by atoms with Gasteiger partial charge in [-0.25, -0.2) is 14.8 Å². The Labute approximate surface area is 180 Å². The topological polar surface area (TPSA) is 57.0 Å². The average Bonchev–Trinajstić information content (AvgIpc) is 2.95. The van der Waals surface area contributed by atoms with E-state index in [4.69, 9.17) is 16.3 Å². The molecule has 0 bridgehead atoms. The van der Waals surface area contributed by atoms with Gasteiger partial charge in [-0.1, -0.05) is 23.7 Å². The number of carbonyl (C=O) groups is 1. The summed E-state index contributed by atoms with van der Waals surface area (Å²) in [5.41, 5.74) is 2.00. The molecule has 0 spiro atoms. The lowest BCUT2D eigenvalue weighted by Gasteiger charge is -2.12. The zero-order chi connectivity index (χ0) is 22.1. The van der Waals surface area contributed by atoms with Gasteiger partial charge in [-0.2, -0.15) is 13.2 Å². The molecule has 158 valence electrons. The number of hydrogen-bond acceptors (Lipinski definition) is 5. The Morgan fingerprint density at radius 2 is 2.00 bits per heavy atom. The van der Waals surface area contributed by atoms with Gasteiger partial charge in [0.25, 0.3) is 0 Å². The lowest BCUT2D eigenvalue weighted by Crippen LogP contribution is -2.07. The zero-order valence-electron chi connectivity index (χ0n) is 16.2. The number of hydrogen-bond donors (Lipinski definition) is 0. The molecular weight excluding hydrogens is 439 g/mol. The van der Waals surface area contributed by atoms with Crippen LogP contribution in [-0.2, 0) is 17.5 Å². The number of esters is 1. The Morgan fingerprint density at radius 1 is 1.27 bits per heavy atom. The van der Waals surface area contributed by atoms with E-state index in [2.05, 4.69) is 9.97 Å². The van der Waals surface area contributed by atoms with Gasteiger partial charge in [-0.15, -0.1) is 0 Å². The molecule has 0 aliphatic carbocycles. The maximum absolute atomic E-state index is 12.8. The number of alkyl halides is 3. The van der Waals surface area contributed by atoms with E-state index in [0.717, 1.165) is 41.0 Å². The molecule has 2 heterocycles. The van der Waals surface area contributed by atoms with Gasteiger partial charge in [0.05, 0.1) is 29.0 Å². The van der Waals surface area contributed by atoms with Crippen LogP contribution in [-0.4, -0.2) is 27.6 Å². The van der Waals surface area contributed by atoms with Gasteiger partial charge in [-0.3, -0.25) is 0 Å². The molecule has 1 aromatic carbocycles. The van der Waals surface area contributed by atoms with Crippen LogP contribution in [0.4, 0.5) is 13.2 Å². The van der Waals surface area contributed by atoms with Crippen molar-refractivity contribution in [2.45, 2.75) is 36.8 Å². The lowest BCUT2D eigenvalue weighted by molar-refractivity contribution is -0.137. The van der Waals surface area contributed by atoms with E-state index in [0.29, 0.717) is 17.3 Å². The van der Waals surface area contributed by atoms with Crippen LogP contribution in [0, 0.1) is 13.8 Å². The van der Waals surface area contributed by atoms with Crippen molar-refractivity contribution < 1.29 is 22.7 Å². The number of imidazole rings is 1. The molecule has 0 fully saturated rings. The number of ether oxygens (including phenoxy) is 1. The van der Waals surface area contributed by atoms with Crippen LogP contribution in [0.1, 0.15) is 32.9 Å². The molecule has 0 radical (unpaired) electrons. The lowest BCUT2D eigenvalue weighted by atomic mass is 10.1. The van der Waals surface area contributed by atoms with Gasteiger partial charge >= 0.3 is 12.1 Å². The molecule has 5 nitrogen and oxygen atoms in total. The smallest absolute Gasteiger partial charge is 0.417 e. The molecule has 0 amide bonds. The van der Waals surface area contributed by atoms with E-state index < -0.39 is 17.7 Å². The van der Waals surface area contributed by atoms with Gasteiger partial charge < -0.3 is 9.30 Å². The number of pyridine rings is 1. The zero-order valence-corrected chi connectivity index (χ0v) is 17.8. The Balaban J connectivity index is 1.92. The van der Waals surface area contributed by atoms with E-state index >= 15 is 0 Å². The number of aryl methyl sites for hydroxylation is 1. The second kappa shape index (κ2) is 8.69. The molecule has 2 aromatic heterocycles. The van der Waals surface area contributed by atoms with E-state index in [1.165, 1.54) is 7.11 Å². The standard InChI is InChI=1S/C20H17ClF3N3O2S/c1-11-12(2)27(10-13-5-4-6-14(7-13)18(28)29-3)19(26-11)30-17-16(21)8-15(9-25-17)20(22,23)24/h4-9H,10H2,1-3H3. The average molecular weight is 456 g/mol. The number of aromatic nitrogens is 3. The quantitative estimate of drug-likeness (QED) is 0.472. The summed E-state index contributed by atoms with van der Waals surface area (Å²) in [6.07, 6.45) is -3.77. The van der Waals surface area contributed by atoms with E-state index in [-0.39, 0.29) is 10.0 Å². The van der Waals surface area contributed by atoms with Crippen LogP contribution in [0.5, 0.6) is 0 Å². The fourth-order valence-corrected chi connectivity index (χ4v) is 3.94. The Morgan fingerprint density at radius 3 is 2.63 bits per heavy atom. The highest BCUT2D eigenvalue weighted by molar-refractivity contribution is 7.99. The minimum Gasteiger partial charge on any atom is -0.465 e. The van der Waals surface area contributed by atoms with E-state index in [1.54, 1.807) is 18.2 Å². The monoisotopic (exact) mass is 455 g/mol. The summed E-state index contributed by atoms with van der Waals surface area (Å²) in [7, 11) is 1.31. The van der Waals surface area contributed by atoms with Crippen molar-refractivity contribution in [1.29, 1.82) is 0 Å². The Bertz CT molecular complexity index is 1100. The molecule has 30 heavy (non-hydrogen) atoms. The van der Waals surface area contributed by atoms with Crippen LogP contribution < -0.4 is 0 Å². The highest BCUT2D eigenvalue weighted by Gasteiger charge is 2.31. The van der Waals surface area contributed by atoms with Gasteiger partial charge in [0.1, 0.15) is 5.03 Å². The SMILES string of the molecule is COC(=O)c1cccc(Cn2c(Sc3ncc(C(F)(F)F)cc3Cl)nc(C)c2C)c1. The summed E-state index contributed by atoms with van der Waals surface area (Å²) in [5.74, 6) is -0.439. The maximum atomic E-state index is 12.8. The second-order valence-electron chi connectivity index (χ2n) is 6.45. The third-order valence-electron chi connectivity index (χ3n) is 4.43. The number of nitrogens with zero attached hydrogens (tertiary/aromatic N) is 3. The summed E-state index contributed by atoms with van der Waals surface area (Å²) < 4.78 is 45.2. The molecule has 0 aliphatic rings. The van der Waals surface area contributed by atoms with Crippen LogP contribution in [0.25, 0.3) is 0 Å². The van der Waals surface area contributed by atoms with Crippen molar-refractivity contribution in [3.8, 4) is 0 Å². The molecule has 3 rings (SSSR count). The van der Waals surface area contributed by atoms with Crippen LogP contribution >= 0.6 is 23.4 Å². The van der Waals surface area contributed by atoms with Gasteiger partial charge in [-0.05, 0) is 49.4 Å². The molecule has 0 N–H and O–H groups in total. The van der Waals surface area contributed by atoms with Crippen LogP contribution in [0.3, 0.4) is 0 Å².